The molecular formula is C37H25N3. The van der Waals surface area contributed by atoms with Crippen LogP contribution in [0.3, 0.4) is 0 Å². The summed E-state index contributed by atoms with van der Waals surface area (Å²) >= 11 is 0. The lowest BCUT2D eigenvalue weighted by Crippen LogP contribution is -2.28. The van der Waals surface area contributed by atoms with Crippen LogP contribution in [0.25, 0.3) is 39.0 Å². The van der Waals surface area contributed by atoms with Gasteiger partial charge in [-0.05, 0) is 39.9 Å². The predicted octanol–water partition coefficient (Wildman–Crippen LogP) is 8.45. The van der Waals surface area contributed by atoms with Crippen LogP contribution in [0.15, 0.2) is 152 Å². The lowest BCUT2D eigenvalue weighted by atomic mass is 9.67. The molecule has 1 aliphatic rings. The number of rotatable bonds is 4. The number of nitrogens with zero attached hydrogens (tertiary/aromatic N) is 3. The first-order valence-electron chi connectivity index (χ1n) is 13.6. The molecule has 0 N–H and O–H groups in total. The molecule has 0 fully saturated rings. The second-order valence-corrected chi connectivity index (χ2v) is 10.3. The molecule has 3 nitrogen and oxygen atoms in total. The van der Waals surface area contributed by atoms with E-state index in [-0.39, 0.29) is 0 Å². The van der Waals surface area contributed by atoms with Crippen molar-refractivity contribution in [2.75, 3.05) is 0 Å². The Balaban J connectivity index is 1.46. The molecule has 5 aromatic carbocycles. The number of hydrogen-bond donors (Lipinski definition) is 0. The fraction of sp³-hybridized carbons (Fsp3) is 0.0270. The molecule has 0 saturated heterocycles. The van der Waals surface area contributed by atoms with Gasteiger partial charge in [-0.25, -0.2) is 0 Å². The Hall–Kier alpha value is -5.28. The van der Waals surface area contributed by atoms with Crippen molar-refractivity contribution in [3.05, 3.63) is 174 Å². The smallest absolute Gasteiger partial charge is 0.0950 e. The molecule has 0 radical (unpaired) electrons. The zero-order valence-electron chi connectivity index (χ0n) is 21.8. The van der Waals surface area contributed by atoms with Gasteiger partial charge in [-0.15, -0.1) is 0 Å². The van der Waals surface area contributed by atoms with Crippen LogP contribution in [0.5, 0.6) is 0 Å². The highest BCUT2D eigenvalue weighted by Crippen LogP contribution is 2.57. The molecule has 0 spiro atoms. The maximum absolute atomic E-state index is 4.45. The average molecular weight is 512 g/mol. The van der Waals surface area contributed by atoms with Crippen molar-refractivity contribution < 1.29 is 0 Å². The zero-order valence-corrected chi connectivity index (χ0v) is 21.8. The lowest BCUT2D eigenvalue weighted by Gasteiger charge is -2.33. The molecule has 40 heavy (non-hydrogen) atoms. The Labute approximate surface area is 233 Å². The van der Waals surface area contributed by atoms with Crippen LogP contribution >= 0.6 is 0 Å². The van der Waals surface area contributed by atoms with Crippen molar-refractivity contribution in [1.29, 1.82) is 0 Å². The summed E-state index contributed by atoms with van der Waals surface area (Å²) < 4.78 is 2.28. The minimum atomic E-state index is -0.427. The van der Waals surface area contributed by atoms with E-state index >= 15 is 0 Å². The van der Waals surface area contributed by atoms with E-state index in [1.165, 1.54) is 44.3 Å². The van der Waals surface area contributed by atoms with Gasteiger partial charge in [-0.1, -0.05) is 127 Å². The van der Waals surface area contributed by atoms with E-state index in [9.17, 15) is 0 Å². The van der Waals surface area contributed by atoms with E-state index in [4.69, 9.17) is 0 Å². The molecule has 0 bridgehead atoms. The second-order valence-electron chi connectivity index (χ2n) is 10.3. The van der Waals surface area contributed by atoms with Gasteiger partial charge in [0, 0.05) is 22.7 Å². The van der Waals surface area contributed by atoms with E-state index < -0.39 is 5.41 Å². The summed E-state index contributed by atoms with van der Waals surface area (Å²) in [7, 11) is 0. The first-order valence-corrected chi connectivity index (χ1v) is 13.6. The Kier molecular flexibility index (Phi) is 5.04. The summed E-state index contributed by atoms with van der Waals surface area (Å²) in [6.07, 6.45) is 4.01. The molecule has 0 aliphatic heterocycles. The molecule has 8 rings (SSSR count). The van der Waals surface area contributed by atoms with Gasteiger partial charge in [0.2, 0.25) is 0 Å². The Bertz CT molecular complexity index is 1950. The van der Waals surface area contributed by atoms with Crippen molar-refractivity contribution >= 4 is 10.9 Å². The normalized spacial score (nSPS) is 13.2. The monoisotopic (exact) mass is 511 g/mol. The molecule has 188 valence electrons. The lowest BCUT2D eigenvalue weighted by molar-refractivity contribution is 0.769. The van der Waals surface area contributed by atoms with Crippen LogP contribution in [0.4, 0.5) is 0 Å². The van der Waals surface area contributed by atoms with E-state index in [0.29, 0.717) is 0 Å². The molecule has 0 unspecified atom stereocenters. The third-order valence-corrected chi connectivity index (χ3v) is 8.26. The summed E-state index contributed by atoms with van der Waals surface area (Å²) in [5.74, 6) is 0. The van der Waals surface area contributed by atoms with Crippen LogP contribution in [0.1, 0.15) is 22.3 Å². The largest absolute Gasteiger partial charge is 0.314 e. The van der Waals surface area contributed by atoms with E-state index in [0.717, 1.165) is 16.9 Å². The topological polar surface area (TPSA) is 30.7 Å². The minimum Gasteiger partial charge on any atom is -0.314 e. The SMILES string of the molecule is c1ccc(-c2cc(-n3ccc4ccc5c(c43)-c3ccccc3C5(c3ccccc3)c3ccccc3)cnn2)cc1. The van der Waals surface area contributed by atoms with Gasteiger partial charge in [-0.3, -0.25) is 0 Å². The van der Waals surface area contributed by atoms with Crippen molar-refractivity contribution in [3.63, 3.8) is 0 Å². The maximum Gasteiger partial charge on any atom is 0.0950 e. The standard InChI is InChI=1S/C37H25N3/c1-4-12-26(13-5-1)34-24-30(25-38-39-34)40-23-22-27-20-21-33-35(36(27)40)31-18-10-11-19-32(31)37(33,28-14-6-2-7-15-28)29-16-8-3-9-17-29/h1-25H. The summed E-state index contributed by atoms with van der Waals surface area (Å²) in [6, 6.07) is 49.9. The number of hydrogen-bond acceptors (Lipinski definition) is 2. The number of fused-ring (bicyclic) bond motifs is 5. The van der Waals surface area contributed by atoms with Crippen LogP contribution < -0.4 is 0 Å². The van der Waals surface area contributed by atoms with Gasteiger partial charge in [0.25, 0.3) is 0 Å². The number of benzene rings is 5. The fourth-order valence-electron chi connectivity index (χ4n) is 6.61. The van der Waals surface area contributed by atoms with Crippen molar-refractivity contribution in [1.82, 2.24) is 14.8 Å². The molecular weight excluding hydrogens is 486 g/mol. The molecule has 0 saturated carbocycles. The first-order chi connectivity index (χ1) is 19.9. The fourth-order valence-corrected chi connectivity index (χ4v) is 6.61. The maximum atomic E-state index is 4.45. The van der Waals surface area contributed by atoms with Crippen LogP contribution in [-0.4, -0.2) is 14.8 Å². The molecule has 2 aromatic heterocycles. The highest BCUT2D eigenvalue weighted by molar-refractivity contribution is 6.03. The molecule has 1 aliphatic carbocycles. The van der Waals surface area contributed by atoms with Crippen LogP contribution in [0.2, 0.25) is 0 Å². The predicted molar refractivity (Wildman–Crippen MR) is 162 cm³/mol. The van der Waals surface area contributed by atoms with Crippen LogP contribution in [-0.2, 0) is 5.41 Å². The zero-order chi connectivity index (χ0) is 26.5. The Morgan fingerprint density at radius 2 is 1.23 bits per heavy atom. The van der Waals surface area contributed by atoms with Gasteiger partial charge in [-0.2, -0.15) is 10.2 Å². The van der Waals surface area contributed by atoms with Crippen molar-refractivity contribution in [3.8, 4) is 28.1 Å². The number of aromatic nitrogens is 3. The van der Waals surface area contributed by atoms with E-state index in [1.54, 1.807) is 0 Å². The van der Waals surface area contributed by atoms with Gasteiger partial charge in [0.15, 0.2) is 0 Å². The third-order valence-electron chi connectivity index (χ3n) is 8.26. The van der Waals surface area contributed by atoms with Gasteiger partial charge in [0.05, 0.1) is 28.5 Å². The molecule has 2 heterocycles. The third kappa shape index (κ3) is 3.18. The minimum absolute atomic E-state index is 0.427. The van der Waals surface area contributed by atoms with Crippen LogP contribution in [0, 0.1) is 0 Å². The molecule has 0 amide bonds. The van der Waals surface area contributed by atoms with Gasteiger partial charge in [0.1, 0.15) is 0 Å². The van der Waals surface area contributed by atoms with E-state index in [1.807, 2.05) is 24.4 Å². The Morgan fingerprint density at radius 1 is 0.575 bits per heavy atom. The summed E-state index contributed by atoms with van der Waals surface area (Å²) in [5.41, 5.74) is 11.3. The van der Waals surface area contributed by atoms with Gasteiger partial charge < -0.3 is 4.57 Å². The van der Waals surface area contributed by atoms with Gasteiger partial charge >= 0.3 is 0 Å². The summed E-state index contributed by atoms with van der Waals surface area (Å²) in [4.78, 5) is 0. The van der Waals surface area contributed by atoms with E-state index in [2.05, 4.69) is 142 Å². The molecule has 3 heteroatoms. The highest BCUT2D eigenvalue weighted by Gasteiger charge is 2.46. The summed E-state index contributed by atoms with van der Waals surface area (Å²) in [5, 5.41) is 10.1. The van der Waals surface area contributed by atoms with Crippen molar-refractivity contribution in [2.24, 2.45) is 0 Å². The quantitative estimate of drug-likeness (QED) is 0.237. The second kappa shape index (κ2) is 8.89. The highest BCUT2D eigenvalue weighted by atomic mass is 15.1. The first kappa shape index (κ1) is 22.7. The average Bonchev–Trinajstić information content (AvgIpc) is 3.60. The summed E-state index contributed by atoms with van der Waals surface area (Å²) in [6.45, 7) is 0. The molecule has 7 aromatic rings. The molecule has 0 atom stereocenters. The Morgan fingerprint density at radius 3 is 1.95 bits per heavy atom. The van der Waals surface area contributed by atoms with Crippen molar-refractivity contribution in [2.45, 2.75) is 5.41 Å².